The molecule has 1 N–H and O–H groups in total. The van der Waals surface area contributed by atoms with Crippen molar-refractivity contribution in [3.8, 4) is 0 Å². The third-order valence-electron chi connectivity index (χ3n) is 5.36. The van der Waals surface area contributed by atoms with Crippen molar-refractivity contribution in [3.63, 3.8) is 0 Å². The molecule has 162 valence electrons. The molecule has 0 aliphatic carbocycles. The highest BCUT2D eigenvalue weighted by Gasteiger charge is 2.32. The molecule has 0 aromatic heterocycles. The molecule has 3 unspecified atom stereocenters. The average molecular weight is 431 g/mol. The van der Waals surface area contributed by atoms with Crippen LogP contribution in [0.4, 0.5) is 0 Å². The summed E-state index contributed by atoms with van der Waals surface area (Å²) in [6.07, 6.45) is 0.619. The number of ether oxygens (including phenoxy) is 1. The van der Waals surface area contributed by atoms with Crippen LogP contribution >= 0.6 is 0 Å². The zero-order chi connectivity index (χ0) is 21.9. The summed E-state index contributed by atoms with van der Waals surface area (Å²) in [5.41, 5.74) is 2.56. The van der Waals surface area contributed by atoms with Crippen molar-refractivity contribution in [2.45, 2.75) is 57.3 Å². The number of hydrogen-bond donors (Lipinski definition) is 1. The Kier molecular flexibility index (Phi) is 6.95. The normalized spacial score (nSPS) is 21.2. The molecule has 1 heterocycles. The zero-order valence-electron chi connectivity index (χ0n) is 18.0. The summed E-state index contributed by atoms with van der Waals surface area (Å²) >= 11 is 0. The lowest BCUT2D eigenvalue weighted by Crippen LogP contribution is -2.48. The van der Waals surface area contributed by atoms with Crippen LogP contribution in [0.2, 0.25) is 0 Å². The van der Waals surface area contributed by atoms with Crippen LogP contribution in [0.25, 0.3) is 0 Å². The van der Waals surface area contributed by atoms with E-state index >= 15 is 0 Å². The van der Waals surface area contributed by atoms with Gasteiger partial charge in [0.2, 0.25) is 10.0 Å². The fourth-order valence-corrected chi connectivity index (χ4v) is 5.32. The van der Waals surface area contributed by atoms with E-state index in [9.17, 15) is 13.2 Å². The molecule has 1 saturated heterocycles. The van der Waals surface area contributed by atoms with Gasteiger partial charge in [-0.25, -0.2) is 8.42 Å². The van der Waals surface area contributed by atoms with Gasteiger partial charge >= 0.3 is 0 Å². The fraction of sp³-hybridized carbons (Fsp3) is 0.435. The van der Waals surface area contributed by atoms with E-state index in [4.69, 9.17) is 4.74 Å². The molecule has 1 aliphatic heterocycles. The van der Waals surface area contributed by atoms with Gasteiger partial charge in [0, 0.05) is 18.7 Å². The number of carbonyl (C=O) groups excluding carboxylic acids is 1. The van der Waals surface area contributed by atoms with Crippen LogP contribution in [0.1, 0.15) is 55.2 Å². The second kappa shape index (κ2) is 9.29. The topological polar surface area (TPSA) is 75.7 Å². The van der Waals surface area contributed by atoms with Crippen LogP contribution in [-0.4, -0.2) is 43.9 Å². The second-order valence-electron chi connectivity index (χ2n) is 7.90. The number of sulfonamides is 1. The molecule has 0 bridgehead atoms. The lowest BCUT2D eigenvalue weighted by molar-refractivity contribution is -0.0440. The van der Waals surface area contributed by atoms with Gasteiger partial charge in [-0.1, -0.05) is 37.3 Å². The van der Waals surface area contributed by atoms with Crippen LogP contribution in [-0.2, 0) is 21.2 Å². The first-order valence-corrected chi connectivity index (χ1v) is 11.8. The summed E-state index contributed by atoms with van der Waals surface area (Å²) in [7, 11) is -3.70. The molecule has 2 aromatic rings. The summed E-state index contributed by atoms with van der Waals surface area (Å²) < 4.78 is 33.3. The Labute approximate surface area is 179 Å². The van der Waals surface area contributed by atoms with Crippen LogP contribution in [0.3, 0.4) is 0 Å². The SMILES string of the molecule is CCc1ccc(C(C)NC(=O)c2cccc(S(=O)(=O)N3CC(C)OC(C)C3)c2)cc1. The summed E-state index contributed by atoms with van der Waals surface area (Å²) in [5, 5.41) is 2.95. The number of carbonyl (C=O) groups is 1. The van der Waals surface area contributed by atoms with Gasteiger partial charge in [-0.2, -0.15) is 4.31 Å². The van der Waals surface area contributed by atoms with E-state index in [2.05, 4.69) is 24.4 Å². The first kappa shape index (κ1) is 22.5. The molecule has 0 spiro atoms. The predicted octanol–water partition coefficient (Wildman–Crippen LogP) is 3.54. The first-order chi connectivity index (χ1) is 14.2. The van der Waals surface area contributed by atoms with E-state index in [1.54, 1.807) is 12.1 Å². The molecule has 1 fully saturated rings. The standard InChI is InChI=1S/C23H30N2O4S/c1-5-19-9-11-20(12-10-19)18(4)24-23(26)21-7-6-8-22(13-21)30(27,28)25-14-16(2)29-17(3)15-25/h6-13,16-18H,5,14-15H2,1-4H3,(H,24,26). The minimum atomic E-state index is -3.70. The molecule has 0 saturated carbocycles. The second-order valence-corrected chi connectivity index (χ2v) is 9.84. The largest absolute Gasteiger partial charge is 0.373 e. The molecule has 3 atom stereocenters. The number of nitrogens with one attached hydrogen (secondary N) is 1. The van der Waals surface area contributed by atoms with Crippen LogP contribution in [0, 0.1) is 0 Å². The van der Waals surface area contributed by atoms with Gasteiger partial charge < -0.3 is 10.1 Å². The quantitative estimate of drug-likeness (QED) is 0.761. The van der Waals surface area contributed by atoms with Crippen molar-refractivity contribution in [2.75, 3.05) is 13.1 Å². The van der Waals surface area contributed by atoms with Crippen LogP contribution < -0.4 is 5.32 Å². The maximum absolute atomic E-state index is 13.1. The number of amides is 1. The highest BCUT2D eigenvalue weighted by atomic mass is 32.2. The lowest BCUT2D eigenvalue weighted by Gasteiger charge is -2.34. The average Bonchev–Trinajstić information content (AvgIpc) is 2.73. The number of aryl methyl sites for hydroxylation is 1. The van der Waals surface area contributed by atoms with Gasteiger partial charge in [0.15, 0.2) is 0 Å². The fourth-order valence-electron chi connectivity index (χ4n) is 3.68. The summed E-state index contributed by atoms with van der Waals surface area (Å²) in [6.45, 7) is 8.32. The summed E-state index contributed by atoms with van der Waals surface area (Å²) in [5.74, 6) is -0.303. The van der Waals surface area contributed by atoms with Gasteiger partial charge in [-0.05, 0) is 56.5 Å². The lowest BCUT2D eigenvalue weighted by atomic mass is 10.0. The number of benzene rings is 2. The number of hydrogen-bond acceptors (Lipinski definition) is 4. The molecule has 1 aliphatic rings. The predicted molar refractivity (Wildman–Crippen MR) is 117 cm³/mol. The van der Waals surface area contributed by atoms with Crippen molar-refractivity contribution in [1.82, 2.24) is 9.62 Å². The maximum atomic E-state index is 13.1. The van der Waals surface area contributed by atoms with Gasteiger partial charge in [0.05, 0.1) is 23.1 Å². The van der Waals surface area contributed by atoms with Gasteiger partial charge in [-0.3, -0.25) is 4.79 Å². The molecule has 1 amide bonds. The summed E-state index contributed by atoms with van der Waals surface area (Å²) in [6, 6.07) is 14.1. The maximum Gasteiger partial charge on any atom is 0.251 e. The van der Waals surface area contributed by atoms with Crippen molar-refractivity contribution in [1.29, 1.82) is 0 Å². The van der Waals surface area contributed by atoms with E-state index in [1.807, 2.05) is 32.9 Å². The van der Waals surface area contributed by atoms with E-state index in [1.165, 1.54) is 22.0 Å². The van der Waals surface area contributed by atoms with Crippen LogP contribution in [0.15, 0.2) is 53.4 Å². The Balaban J connectivity index is 1.76. The highest BCUT2D eigenvalue weighted by molar-refractivity contribution is 7.89. The van der Waals surface area contributed by atoms with E-state index in [0.29, 0.717) is 18.7 Å². The Morgan fingerprint density at radius 3 is 2.37 bits per heavy atom. The molecule has 7 heteroatoms. The highest BCUT2D eigenvalue weighted by Crippen LogP contribution is 2.22. The third kappa shape index (κ3) is 5.09. The van der Waals surface area contributed by atoms with Crippen molar-refractivity contribution < 1.29 is 17.9 Å². The van der Waals surface area contributed by atoms with E-state index in [-0.39, 0.29) is 29.1 Å². The Morgan fingerprint density at radius 1 is 1.13 bits per heavy atom. The first-order valence-electron chi connectivity index (χ1n) is 10.4. The Bertz CT molecular complexity index is 979. The van der Waals surface area contributed by atoms with E-state index < -0.39 is 10.0 Å². The minimum absolute atomic E-state index is 0.122. The molecule has 2 aromatic carbocycles. The minimum Gasteiger partial charge on any atom is -0.373 e. The van der Waals surface area contributed by atoms with E-state index in [0.717, 1.165) is 12.0 Å². The zero-order valence-corrected chi connectivity index (χ0v) is 18.8. The molecule has 0 radical (unpaired) electrons. The molecule has 3 rings (SSSR count). The number of morpholine rings is 1. The van der Waals surface area contributed by atoms with Gasteiger partial charge in [0.25, 0.3) is 5.91 Å². The monoisotopic (exact) mass is 430 g/mol. The smallest absolute Gasteiger partial charge is 0.251 e. The van der Waals surface area contributed by atoms with Gasteiger partial charge in [-0.15, -0.1) is 0 Å². The van der Waals surface area contributed by atoms with Crippen molar-refractivity contribution >= 4 is 15.9 Å². The summed E-state index contributed by atoms with van der Waals surface area (Å²) in [4.78, 5) is 12.9. The Morgan fingerprint density at radius 2 is 1.77 bits per heavy atom. The number of rotatable bonds is 6. The van der Waals surface area contributed by atoms with Crippen molar-refractivity contribution in [2.24, 2.45) is 0 Å². The molecule has 6 nitrogen and oxygen atoms in total. The third-order valence-corrected chi connectivity index (χ3v) is 7.18. The number of nitrogens with zero attached hydrogens (tertiary/aromatic N) is 1. The Hall–Kier alpha value is -2.22. The van der Waals surface area contributed by atoms with Crippen molar-refractivity contribution in [3.05, 3.63) is 65.2 Å². The molecular weight excluding hydrogens is 400 g/mol. The molecular formula is C23H30N2O4S. The van der Waals surface area contributed by atoms with Crippen LogP contribution in [0.5, 0.6) is 0 Å². The molecule has 30 heavy (non-hydrogen) atoms. The van der Waals surface area contributed by atoms with Gasteiger partial charge in [0.1, 0.15) is 0 Å².